The van der Waals surface area contributed by atoms with Gasteiger partial charge in [0.25, 0.3) is 0 Å². The average molecular weight is 500 g/mol. The van der Waals surface area contributed by atoms with Gasteiger partial charge in [-0.3, -0.25) is 9.59 Å². The summed E-state index contributed by atoms with van der Waals surface area (Å²) in [5.41, 5.74) is 3.06. The number of aliphatic carboxylic acids is 1. The van der Waals surface area contributed by atoms with E-state index >= 15 is 0 Å². The smallest absolute Gasteiger partial charge is 0.323 e. The summed E-state index contributed by atoms with van der Waals surface area (Å²) in [6.45, 7) is 0.0845. The molecule has 0 unspecified atom stereocenters. The van der Waals surface area contributed by atoms with Crippen molar-refractivity contribution in [1.82, 2.24) is 19.9 Å². The molecule has 9 nitrogen and oxygen atoms in total. The van der Waals surface area contributed by atoms with Crippen LogP contribution in [0.4, 0.5) is 5.69 Å². The number of nitrogens with zero attached hydrogens (tertiary/aromatic N) is 5. The number of hydrogen-bond donors (Lipinski definition) is 1. The molecule has 0 saturated carbocycles. The second kappa shape index (κ2) is 12.3. The van der Waals surface area contributed by atoms with Gasteiger partial charge in [0.15, 0.2) is 0 Å². The maximum atomic E-state index is 13.0. The maximum Gasteiger partial charge on any atom is 0.323 e. The van der Waals surface area contributed by atoms with Crippen LogP contribution >= 0.6 is 0 Å². The summed E-state index contributed by atoms with van der Waals surface area (Å²) in [6.07, 6.45) is 3.05. The van der Waals surface area contributed by atoms with Gasteiger partial charge >= 0.3 is 5.97 Å². The van der Waals surface area contributed by atoms with Gasteiger partial charge in [0.2, 0.25) is 5.91 Å². The quantitative estimate of drug-likeness (QED) is 0.318. The first-order chi connectivity index (χ1) is 18.0. The Morgan fingerprint density at radius 1 is 0.919 bits per heavy atom. The van der Waals surface area contributed by atoms with E-state index in [1.165, 1.54) is 15.8 Å². The minimum atomic E-state index is -1.08. The Kier molecular flexibility index (Phi) is 8.49. The molecular weight excluding hydrogens is 470 g/mol. The topological polar surface area (TPSA) is 101 Å². The molecule has 4 aromatic rings. The molecule has 0 atom stereocenters. The fraction of sp³-hybridized carbons (Fsp3) is 0.214. The van der Waals surface area contributed by atoms with Gasteiger partial charge in [-0.15, -0.1) is 5.10 Å². The van der Waals surface area contributed by atoms with Crippen molar-refractivity contribution in [3.63, 3.8) is 0 Å². The molecule has 9 heteroatoms. The van der Waals surface area contributed by atoms with Crippen LogP contribution in [0.5, 0.6) is 5.75 Å². The predicted molar refractivity (Wildman–Crippen MR) is 139 cm³/mol. The molecule has 0 aliphatic heterocycles. The number of hydrogen-bond acceptors (Lipinski definition) is 6. The number of rotatable bonds is 12. The molecule has 1 aromatic heterocycles. The van der Waals surface area contributed by atoms with Crippen molar-refractivity contribution < 1.29 is 19.4 Å². The van der Waals surface area contributed by atoms with Crippen molar-refractivity contribution in [3.05, 3.63) is 108 Å². The van der Waals surface area contributed by atoms with E-state index in [1.807, 2.05) is 60.7 Å². The summed E-state index contributed by atoms with van der Waals surface area (Å²) in [4.78, 5) is 28.2. The van der Waals surface area contributed by atoms with Gasteiger partial charge in [0.1, 0.15) is 18.8 Å². The lowest BCUT2D eigenvalue weighted by molar-refractivity contribution is -0.144. The molecular formula is C28H29N5O4. The van der Waals surface area contributed by atoms with E-state index in [9.17, 15) is 14.7 Å². The second-order valence-corrected chi connectivity index (χ2v) is 8.42. The number of carboxylic acid groups (broad SMARTS) is 1. The lowest BCUT2D eigenvalue weighted by Gasteiger charge is -2.36. The Bertz CT molecular complexity index is 1230. The Morgan fingerprint density at radius 2 is 1.54 bits per heavy atom. The van der Waals surface area contributed by atoms with Crippen molar-refractivity contribution in [1.29, 1.82) is 0 Å². The molecule has 0 bridgehead atoms. The molecule has 0 spiro atoms. The number of amides is 1. The highest BCUT2D eigenvalue weighted by atomic mass is 16.5. The highest BCUT2D eigenvalue weighted by molar-refractivity contribution is 5.81. The Labute approximate surface area is 215 Å². The van der Waals surface area contributed by atoms with Crippen LogP contribution in [-0.2, 0) is 16.1 Å². The van der Waals surface area contributed by atoms with Crippen LogP contribution < -0.4 is 9.64 Å². The number of anilines is 1. The SMILES string of the molecule is COc1ccc(N(CCN(CC(=O)O)C(=O)Cn2ccnn2)C(c2ccccc2)c2ccccc2)cc1. The van der Waals surface area contributed by atoms with Crippen LogP contribution in [0.2, 0.25) is 0 Å². The zero-order chi connectivity index (χ0) is 26.0. The Morgan fingerprint density at radius 3 is 2.05 bits per heavy atom. The van der Waals surface area contributed by atoms with E-state index in [-0.39, 0.29) is 25.0 Å². The molecule has 0 radical (unpaired) electrons. The Balaban J connectivity index is 1.69. The van der Waals surface area contributed by atoms with Crippen molar-refractivity contribution in [2.24, 2.45) is 0 Å². The number of methoxy groups -OCH3 is 1. The highest BCUT2D eigenvalue weighted by Gasteiger charge is 2.25. The monoisotopic (exact) mass is 499 g/mol. The first-order valence-corrected chi connectivity index (χ1v) is 11.9. The van der Waals surface area contributed by atoms with Crippen LogP contribution in [0.3, 0.4) is 0 Å². The van der Waals surface area contributed by atoms with Crippen LogP contribution in [0.25, 0.3) is 0 Å². The first-order valence-electron chi connectivity index (χ1n) is 11.9. The summed E-state index contributed by atoms with van der Waals surface area (Å²) >= 11 is 0. The molecule has 1 heterocycles. The molecule has 4 rings (SSSR count). The van der Waals surface area contributed by atoms with E-state index in [2.05, 4.69) is 39.5 Å². The third-order valence-corrected chi connectivity index (χ3v) is 6.01. The summed E-state index contributed by atoms with van der Waals surface area (Å²) in [5.74, 6) is -0.695. The fourth-order valence-corrected chi connectivity index (χ4v) is 4.24. The number of carboxylic acids is 1. The lowest BCUT2D eigenvalue weighted by Crippen LogP contribution is -2.44. The zero-order valence-corrected chi connectivity index (χ0v) is 20.6. The van der Waals surface area contributed by atoms with Crippen LogP contribution in [0.15, 0.2) is 97.3 Å². The minimum Gasteiger partial charge on any atom is -0.497 e. The summed E-state index contributed by atoms with van der Waals surface area (Å²) in [7, 11) is 1.62. The largest absolute Gasteiger partial charge is 0.497 e. The van der Waals surface area contributed by atoms with Crippen molar-refractivity contribution >= 4 is 17.6 Å². The molecule has 0 fully saturated rings. The van der Waals surface area contributed by atoms with Gasteiger partial charge in [-0.05, 0) is 35.4 Å². The normalized spacial score (nSPS) is 10.8. The van der Waals surface area contributed by atoms with Crippen LogP contribution in [0.1, 0.15) is 17.2 Å². The lowest BCUT2D eigenvalue weighted by atomic mass is 9.96. The van der Waals surface area contributed by atoms with Crippen molar-refractivity contribution in [2.75, 3.05) is 31.6 Å². The summed E-state index contributed by atoms with van der Waals surface area (Å²) in [5, 5.41) is 17.1. The van der Waals surface area contributed by atoms with E-state index in [1.54, 1.807) is 13.3 Å². The van der Waals surface area contributed by atoms with Gasteiger partial charge in [0.05, 0.1) is 19.3 Å². The standard InChI is InChI=1S/C28H29N5O4/c1-37-25-14-12-24(13-15-25)33(28(22-8-4-2-5-9-22)23-10-6-3-7-11-23)19-18-31(21-27(35)36)26(34)20-32-17-16-29-30-32/h2-17,28H,18-21H2,1H3,(H,35,36). The molecule has 1 amide bonds. The predicted octanol–water partition coefficient (Wildman–Crippen LogP) is 3.50. The van der Waals surface area contributed by atoms with E-state index in [0.29, 0.717) is 6.54 Å². The van der Waals surface area contributed by atoms with Crippen LogP contribution in [0, 0.1) is 0 Å². The highest BCUT2D eigenvalue weighted by Crippen LogP contribution is 2.33. The first kappa shape index (κ1) is 25.4. The number of carbonyl (C=O) groups excluding carboxylic acids is 1. The number of aromatic nitrogens is 3. The maximum absolute atomic E-state index is 13.0. The Hall–Kier alpha value is -4.66. The van der Waals surface area contributed by atoms with E-state index in [4.69, 9.17) is 4.74 Å². The number of benzene rings is 3. The van der Waals surface area contributed by atoms with E-state index in [0.717, 1.165) is 22.6 Å². The summed E-state index contributed by atoms with van der Waals surface area (Å²) < 4.78 is 6.74. The molecule has 1 N–H and O–H groups in total. The van der Waals surface area contributed by atoms with Gasteiger partial charge in [-0.2, -0.15) is 0 Å². The van der Waals surface area contributed by atoms with E-state index < -0.39 is 12.5 Å². The molecule has 3 aromatic carbocycles. The van der Waals surface area contributed by atoms with Gasteiger partial charge < -0.3 is 19.6 Å². The molecule has 37 heavy (non-hydrogen) atoms. The number of ether oxygens (including phenoxy) is 1. The third kappa shape index (κ3) is 6.72. The molecule has 0 aliphatic rings. The van der Waals surface area contributed by atoms with Crippen molar-refractivity contribution in [2.45, 2.75) is 12.6 Å². The van der Waals surface area contributed by atoms with Gasteiger partial charge in [-0.25, -0.2) is 4.68 Å². The third-order valence-electron chi connectivity index (χ3n) is 6.01. The summed E-state index contributed by atoms with van der Waals surface area (Å²) in [6, 6.07) is 27.7. The molecule has 0 saturated heterocycles. The van der Waals surface area contributed by atoms with Crippen LogP contribution in [-0.4, -0.2) is 63.6 Å². The van der Waals surface area contributed by atoms with Gasteiger partial charge in [-0.1, -0.05) is 65.9 Å². The molecule has 190 valence electrons. The minimum absolute atomic E-state index is 0.0867. The average Bonchev–Trinajstić information content (AvgIpc) is 3.44. The zero-order valence-electron chi connectivity index (χ0n) is 20.6. The fourth-order valence-electron chi connectivity index (χ4n) is 4.24. The molecule has 0 aliphatic carbocycles. The number of carbonyl (C=O) groups is 2. The van der Waals surface area contributed by atoms with Crippen molar-refractivity contribution in [3.8, 4) is 5.75 Å². The van der Waals surface area contributed by atoms with Gasteiger partial charge in [0, 0.05) is 25.0 Å². The second-order valence-electron chi connectivity index (χ2n) is 8.42.